The van der Waals surface area contributed by atoms with Gasteiger partial charge < -0.3 is 0 Å². The van der Waals surface area contributed by atoms with Crippen molar-refractivity contribution in [3.63, 3.8) is 0 Å². The van der Waals surface area contributed by atoms with E-state index in [1.54, 1.807) is 24.3 Å². The fraction of sp³-hybridized carbons (Fsp3) is 0.318. The fourth-order valence-electron chi connectivity index (χ4n) is 3.96. The molecule has 1 spiro atoms. The van der Waals surface area contributed by atoms with Crippen molar-refractivity contribution in [3.8, 4) is 0 Å². The normalized spacial score (nSPS) is 20.0. The summed E-state index contributed by atoms with van der Waals surface area (Å²) >= 11 is 0. The number of fused-ring (bicyclic) bond motifs is 1. The monoisotopic (exact) mass is 332 g/mol. The second-order valence-electron chi connectivity index (χ2n) is 7.10. The molecule has 0 amide bonds. The maximum atomic E-state index is 12.8. The van der Waals surface area contributed by atoms with Gasteiger partial charge in [0.05, 0.1) is 0 Å². The Morgan fingerprint density at radius 1 is 1.00 bits per heavy atom. The van der Waals surface area contributed by atoms with Gasteiger partial charge >= 0.3 is 0 Å². The van der Waals surface area contributed by atoms with Gasteiger partial charge in [0.2, 0.25) is 0 Å². The number of hydrogen-bond donors (Lipinski definition) is 0. The maximum absolute atomic E-state index is 12.8. The summed E-state index contributed by atoms with van der Waals surface area (Å²) in [6.45, 7) is 2.15. The molecule has 4 rings (SSSR count). The summed E-state index contributed by atoms with van der Waals surface area (Å²) < 4.78 is 0. The third-order valence-corrected chi connectivity index (χ3v) is 5.56. The zero-order chi connectivity index (χ0) is 17.6. The molecule has 126 valence electrons. The van der Waals surface area contributed by atoms with E-state index in [1.807, 2.05) is 24.3 Å². The lowest BCUT2D eigenvalue weighted by Crippen LogP contribution is -2.22. The van der Waals surface area contributed by atoms with Crippen LogP contribution in [0, 0.1) is 11.3 Å². The molecule has 2 aromatic rings. The number of aryl methyl sites for hydroxylation is 1. The Morgan fingerprint density at radius 2 is 1.60 bits per heavy atom. The van der Waals surface area contributed by atoms with E-state index in [2.05, 4.69) is 6.92 Å². The molecular weight excluding hydrogens is 312 g/mol. The molecule has 2 aliphatic rings. The highest BCUT2D eigenvalue weighted by molar-refractivity contribution is 6.34. The summed E-state index contributed by atoms with van der Waals surface area (Å²) in [7, 11) is 0. The van der Waals surface area contributed by atoms with Crippen LogP contribution in [0.2, 0.25) is 0 Å². The van der Waals surface area contributed by atoms with Gasteiger partial charge in [-0.05, 0) is 24.8 Å². The molecule has 2 aromatic carbocycles. The number of carbonyl (C=O) groups excluding carboxylic acids is 3. The second-order valence-corrected chi connectivity index (χ2v) is 7.10. The predicted molar refractivity (Wildman–Crippen MR) is 95.0 cm³/mol. The van der Waals surface area contributed by atoms with Crippen molar-refractivity contribution in [1.29, 1.82) is 0 Å². The molecule has 0 N–H and O–H groups in total. The van der Waals surface area contributed by atoms with Gasteiger partial charge in [0.1, 0.15) is 5.41 Å². The predicted octanol–water partition coefficient (Wildman–Crippen LogP) is 4.30. The molecule has 1 saturated carbocycles. The first-order chi connectivity index (χ1) is 12.1. The highest BCUT2D eigenvalue weighted by Crippen LogP contribution is 2.61. The summed E-state index contributed by atoms with van der Waals surface area (Å²) in [5.74, 6) is -0.949. The van der Waals surface area contributed by atoms with Crippen LogP contribution in [0.1, 0.15) is 62.8 Å². The molecular formula is C22H20O3. The van der Waals surface area contributed by atoms with E-state index in [-0.39, 0.29) is 17.3 Å². The minimum atomic E-state index is -1.12. The van der Waals surface area contributed by atoms with Gasteiger partial charge in [0.25, 0.3) is 0 Å². The number of rotatable bonds is 5. The Hall–Kier alpha value is -2.55. The third-order valence-electron chi connectivity index (χ3n) is 5.56. The quantitative estimate of drug-likeness (QED) is 0.606. The van der Waals surface area contributed by atoms with E-state index in [1.165, 1.54) is 5.56 Å². The molecule has 1 fully saturated rings. The van der Waals surface area contributed by atoms with E-state index < -0.39 is 11.3 Å². The third kappa shape index (κ3) is 2.30. The molecule has 0 bridgehead atoms. The number of hydrogen-bond acceptors (Lipinski definition) is 3. The van der Waals surface area contributed by atoms with Crippen LogP contribution in [-0.4, -0.2) is 17.3 Å². The van der Waals surface area contributed by atoms with Crippen molar-refractivity contribution in [3.05, 3.63) is 70.8 Å². The summed E-state index contributed by atoms with van der Waals surface area (Å²) in [5, 5.41) is 0. The van der Waals surface area contributed by atoms with Gasteiger partial charge in [-0.15, -0.1) is 0 Å². The van der Waals surface area contributed by atoms with Gasteiger partial charge in [-0.3, -0.25) is 14.4 Å². The highest BCUT2D eigenvalue weighted by Gasteiger charge is 2.71. The van der Waals surface area contributed by atoms with Crippen LogP contribution in [0.15, 0.2) is 48.5 Å². The Bertz CT molecular complexity index is 841. The van der Waals surface area contributed by atoms with E-state index in [0.717, 1.165) is 19.3 Å². The average molecular weight is 332 g/mol. The minimum Gasteiger partial charge on any atom is -0.294 e. The van der Waals surface area contributed by atoms with Crippen LogP contribution in [0.25, 0.3) is 0 Å². The first-order valence-electron chi connectivity index (χ1n) is 8.91. The molecule has 0 radical (unpaired) electrons. The Balaban J connectivity index is 1.56. The smallest absolute Gasteiger partial charge is 0.178 e. The summed E-state index contributed by atoms with van der Waals surface area (Å²) in [6, 6.07) is 14.5. The Morgan fingerprint density at radius 3 is 2.16 bits per heavy atom. The van der Waals surface area contributed by atoms with Crippen molar-refractivity contribution in [2.75, 3.05) is 0 Å². The zero-order valence-electron chi connectivity index (χ0n) is 14.2. The highest BCUT2D eigenvalue weighted by atomic mass is 16.2. The van der Waals surface area contributed by atoms with E-state index in [9.17, 15) is 14.4 Å². The molecule has 2 aliphatic carbocycles. The first-order valence-corrected chi connectivity index (χ1v) is 8.91. The lowest BCUT2D eigenvalue weighted by molar-refractivity contribution is 0.0766. The van der Waals surface area contributed by atoms with E-state index in [4.69, 9.17) is 0 Å². The Kier molecular flexibility index (Phi) is 3.68. The van der Waals surface area contributed by atoms with Crippen molar-refractivity contribution >= 4 is 17.3 Å². The molecule has 0 heterocycles. The molecule has 0 aliphatic heterocycles. The molecule has 0 aromatic heterocycles. The van der Waals surface area contributed by atoms with E-state index in [0.29, 0.717) is 23.1 Å². The lowest BCUT2D eigenvalue weighted by atomic mass is 9.93. The molecule has 0 saturated heterocycles. The largest absolute Gasteiger partial charge is 0.294 e. The van der Waals surface area contributed by atoms with Gasteiger partial charge in [-0.2, -0.15) is 0 Å². The van der Waals surface area contributed by atoms with Crippen molar-refractivity contribution in [2.24, 2.45) is 11.3 Å². The lowest BCUT2D eigenvalue weighted by Gasteiger charge is -2.07. The van der Waals surface area contributed by atoms with Crippen LogP contribution in [0.3, 0.4) is 0 Å². The van der Waals surface area contributed by atoms with Gasteiger partial charge in [-0.25, -0.2) is 0 Å². The van der Waals surface area contributed by atoms with Crippen molar-refractivity contribution < 1.29 is 14.4 Å². The molecule has 1 unspecified atom stereocenters. The number of ketones is 3. The van der Waals surface area contributed by atoms with Gasteiger partial charge in [0, 0.05) is 22.6 Å². The molecule has 3 nitrogen and oxygen atoms in total. The number of Topliss-reactive ketones (excluding diaryl/α,β-unsaturated/α-hetero) is 3. The average Bonchev–Trinajstić information content (AvgIpc) is 3.37. The van der Waals surface area contributed by atoms with Crippen LogP contribution in [0.4, 0.5) is 0 Å². The summed E-state index contributed by atoms with van der Waals surface area (Å²) in [5.41, 5.74) is 1.63. The molecule has 3 heteroatoms. The zero-order valence-corrected chi connectivity index (χ0v) is 14.2. The van der Waals surface area contributed by atoms with Crippen LogP contribution >= 0.6 is 0 Å². The second kappa shape index (κ2) is 5.76. The topological polar surface area (TPSA) is 51.2 Å². The fourth-order valence-corrected chi connectivity index (χ4v) is 3.96. The summed E-state index contributed by atoms with van der Waals surface area (Å²) in [4.78, 5) is 38.3. The van der Waals surface area contributed by atoms with Gasteiger partial charge in [-0.1, -0.05) is 61.9 Å². The van der Waals surface area contributed by atoms with Crippen molar-refractivity contribution in [2.45, 2.75) is 32.6 Å². The van der Waals surface area contributed by atoms with E-state index >= 15 is 0 Å². The van der Waals surface area contributed by atoms with Crippen LogP contribution < -0.4 is 0 Å². The van der Waals surface area contributed by atoms with Crippen molar-refractivity contribution in [1.82, 2.24) is 0 Å². The Labute approximate surface area is 147 Å². The van der Waals surface area contributed by atoms with Gasteiger partial charge in [0.15, 0.2) is 17.3 Å². The maximum Gasteiger partial charge on any atom is 0.178 e. The number of benzene rings is 2. The SMILES string of the molecule is CCCCc1ccc(C(=O)C2CC23C(=O)c2ccccc2C3=O)cc1. The number of carbonyl (C=O) groups is 3. The first kappa shape index (κ1) is 15.9. The number of unbranched alkanes of at least 4 members (excludes halogenated alkanes) is 1. The molecule has 25 heavy (non-hydrogen) atoms. The minimum absolute atomic E-state index is 0.0865. The van der Waals surface area contributed by atoms with Crippen LogP contribution in [0.5, 0.6) is 0 Å². The summed E-state index contributed by atoms with van der Waals surface area (Å²) in [6.07, 6.45) is 3.61. The molecule has 1 atom stereocenters. The standard InChI is InChI=1S/C22H20O3/c1-2-3-6-14-9-11-15(12-10-14)19(23)18-13-22(18)20(24)16-7-4-5-8-17(16)21(22)25/h4-5,7-12,18H,2-3,6,13H2,1H3. The van der Waals surface area contributed by atoms with Crippen LogP contribution in [-0.2, 0) is 6.42 Å².